The Balaban J connectivity index is 1.43. The van der Waals surface area contributed by atoms with Gasteiger partial charge in [-0.3, -0.25) is 4.79 Å². The van der Waals surface area contributed by atoms with Crippen molar-refractivity contribution in [2.75, 3.05) is 18.4 Å². The standard InChI is InChI=1S/C23H23N5O/c29-22(11-14-26-23-24-12-6-13-25-23)28-15-19(17-7-2-1-3-8-17)20-16-27-21-10-5-4-9-18(20)21/h1-10,12-13,16,19,27H,11,14-15H2,(H,28,29)(H,24,25,26)/t19-/m0/s1. The van der Waals surface area contributed by atoms with Gasteiger partial charge < -0.3 is 15.6 Å². The van der Waals surface area contributed by atoms with E-state index in [1.165, 1.54) is 16.5 Å². The summed E-state index contributed by atoms with van der Waals surface area (Å²) in [5.74, 6) is 0.595. The van der Waals surface area contributed by atoms with Crippen molar-refractivity contribution in [3.8, 4) is 0 Å². The zero-order valence-corrected chi connectivity index (χ0v) is 16.0. The third kappa shape index (κ3) is 4.60. The first-order valence-electron chi connectivity index (χ1n) is 9.70. The van der Waals surface area contributed by atoms with Gasteiger partial charge in [-0.05, 0) is 23.3 Å². The van der Waals surface area contributed by atoms with Gasteiger partial charge in [0.2, 0.25) is 11.9 Å². The highest BCUT2D eigenvalue weighted by molar-refractivity contribution is 5.84. The molecule has 2 aromatic heterocycles. The molecule has 0 saturated carbocycles. The number of nitrogens with one attached hydrogen (secondary N) is 3. The van der Waals surface area contributed by atoms with E-state index in [1.807, 2.05) is 36.5 Å². The van der Waals surface area contributed by atoms with Crippen LogP contribution in [0.5, 0.6) is 0 Å². The topological polar surface area (TPSA) is 82.7 Å². The number of rotatable bonds is 8. The van der Waals surface area contributed by atoms with E-state index in [9.17, 15) is 4.79 Å². The first kappa shape index (κ1) is 18.7. The van der Waals surface area contributed by atoms with E-state index in [-0.39, 0.29) is 11.8 Å². The molecular formula is C23H23N5O. The summed E-state index contributed by atoms with van der Waals surface area (Å²) in [6.07, 6.45) is 5.73. The van der Waals surface area contributed by atoms with Crippen LogP contribution < -0.4 is 10.6 Å². The minimum atomic E-state index is -0.00537. The molecule has 4 aromatic rings. The normalized spacial score (nSPS) is 11.9. The van der Waals surface area contributed by atoms with Gasteiger partial charge in [0, 0.05) is 54.9 Å². The Morgan fingerprint density at radius 3 is 2.55 bits per heavy atom. The van der Waals surface area contributed by atoms with Crippen molar-refractivity contribution in [1.29, 1.82) is 0 Å². The molecule has 0 bridgehead atoms. The van der Waals surface area contributed by atoms with Crippen LogP contribution in [0, 0.1) is 0 Å². The number of hydrogen-bond acceptors (Lipinski definition) is 4. The zero-order valence-electron chi connectivity index (χ0n) is 16.0. The van der Waals surface area contributed by atoms with E-state index in [4.69, 9.17) is 0 Å². The number of fused-ring (bicyclic) bond motifs is 1. The second kappa shape index (κ2) is 9.01. The molecule has 146 valence electrons. The highest BCUT2D eigenvalue weighted by atomic mass is 16.1. The SMILES string of the molecule is O=C(CCNc1ncccn1)NC[C@@H](c1ccccc1)c1c[nH]c2ccccc12. The van der Waals surface area contributed by atoms with E-state index in [0.29, 0.717) is 25.5 Å². The molecule has 0 saturated heterocycles. The van der Waals surface area contributed by atoms with Gasteiger partial charge in [0.15, 0.2) is 0 Å². The molecule has 6 nitrogen and oxygen atoms in total. The molecule has 0 unspecified atom stereocenters. The molecule has 1 amide bonds. The van der Waals surface area contributed by atoms with Crippen LogP contribution in [-0.2, 0) is 4.79 Å². The van der Waals surface area contributed by atoms with Gasteiger partial charge in [0.1, 0.15) is 0 Å². The van der Waals surface area contributed by atoms with Crippen LogP contribution in [0.15, 0.2) is 79.3 Å². The van der Waals surface area contributed by atoms with Crippen LogP contribution >= 0.6 is 0 Å². The number of anilines is 1. The molecule has 0 aliphatic carbocycles. The predicted octanol–water partition coefficient (Wildman–Crippen LogP) is 3.71. The molecule has 0 spiro atoms. The fourth-order valence-corrected chi connectivity index (χ4v) is 3.46. The average molecular weight is 385 g/mol. The van der Waals surface area contributed by atoms with Crippen molar-refractivity contribution in [3.63, 3.8) is 0 Å². The summed E-state index contributed by atoms with van der Waals surface area (Å²) in [6.45, 7) is 1.02. The van der Waals surface area contributed by atoms with Crippen LogP contribution in [0.3, 0.4) is 0 Å². The van der Waals surface area contributed by atoms with Gasteiger partial charge in [0.05, 0.1) is 0 Å². The number of aromatic nitrogens is 3. The van der Waals surface area contributed by atoms with Crippen molar-refractivity contribution in [3.05, 3.63) is 90.4 Å². The molecule has 0 fully saturated rings. The first-order chi connectivity index (χ1) is 14.3. The number of benzene rings is 2. The molecule has 0 aliphatic heterocycles. The average Bonchev–Trinajstić information content (AvgIpc) is 3.19. The van der Waals surface area contributed by atoms with Crippen LogP contribution in [0.25, 0.3) is 10.9 Å². The van der Waals surface area contributed by atoms with Crippen molar-refractivity contribution in [2.24, 2.45) is 0 Å². The van der Waals surface area contributed by atoms with Gasteiger partial charge >= 0.3 is 0 Å². The Bertz CT molecular complexity index is 1060. The lowest BCUT2D eigenvalue weighted by Gasteiger charge is -2.18. The second-order valence-electron chi connectivity index (χ2n) is 6.81. The summed E-state index contributed by atoms with van der Waals surface area (Å²) < 4.78 is 0. The molecule has 0 radical (unpaired) electrons. The number of para-hydroxylation sites is 1. The monoisotopic (exact) mass is 385 g/mol. The van der Waals surface area contributed by atoms with Gasteiger partial charge in [-0.25, -0.2) is 9.97 Å². The summed E-state index contributed by atoms with van der Waals surface area (Å²) in [5, 5.41) is 7.32. The molecule has 3 N–H and O–H groups in total. The van der Waals surface area contributed by atoms with Gasteiger partial charge in [-0.2, -0.15) is 0 Å². The predicted molar refractivity (Wildman–Crippen MR) is 115 cm³/mol. The number of carbonyl (C=O) groups is 1. The maximum absolute atomic E-state index is 12.4. The molecule has 0 aliphatic rings. The van der Waals surface area contributed by atoms with Crippen molar-refractivity contribution >= 4 is 22.8 Å². The maximum Gasteiger partial charge on any atom is 0.222 e. The van der Waals surface area contributed by atoms with E-state index in [1.54, 1.807) is 18.5 Å². The number of aromatic amines is 1. The Hall–Kier alpha value is -3.67. The third-order valence-electron chi connectivity index (χ3n) is 4.90. The van der Waals surface area contributed by atoms with E-state index in [0.717, 1.165) is 5.52 Å². The minimum absolute atomic E-state index is 0.00537. The lowest BCUT2D eigenvalue weighted by Crippen LogP contribution is -2.30. The number of hydrogen-bond donors (Lipinski definition) is 3. The van der Waals surface area contributed by atoms with Crippen LogP contribution in [0.1, 0.15) is 23.5 Å². The Labute approximate surface area is 169 Å². The molecule has 29 heavy (non-hydrogen) atoms. The molecular weight excluding hydrogens is 362 g/mol. The number of nitrogens with zero attached hydrogens (tertiary/aromatic N) is 2. The summed E-state index contributed by atoms with van der Waals surface area (Å²) in [7, 11) is 0. The lowest BCUT2D eigenvalue weighted by atomic mass is 9.91. The Morgan fingerprint density at radius 1 is 0.966 bits per heavy atom. The van der Waals surface area contributed by atoms with Crippen LogP contribution in [-0.4, -0.2) is 33.9 Å². The highest BCUT2D eigenvalue weighted by Gasteiger charge is 2.18. The lowest BCUT2D eigenvalue weighted by molar-refractivity contribution is -0.120. The van der Waals surface area contributed by atoms with Gasteiger partial charge in [-0.15, -0.1) is 0 Å². The molecule has 2 aromatic carbocycles. The molecule has 2 heterocycles. The van der Waals surface area contributed by atoms with Crippen molar-refractivity contribution in [1.82, 2.24) is 20.3 Å². The largest absolute Gasteiger partial charge is 0.361 e. The van der Waals surface area contributed by atoms with E-state index < -0.39 is 0 Å². The van der Waals surface area contributed by atoms with Gasteiger partial charge in [0.25, 0.3) is 0 Å². The second-order valence-corrected chi connectivity index (χ2v) is 6.81. The van der Waals surface area contributed by atoms with E-state index in [2.05, 4.69) is 49.9 Å². The zero-order chi connectivity index (χ0) is 19.9. The smallest absolute Gasteiger partial charge is 0.222 e. The Morgan fingerprint density at radius 2 is 1.72 bits per heavy atom. The first-order valence-corrected chi connectivity index (χ1v) is 9.70. The fraction of sp³-hybridized carbons (Fsp3) is 0.174. The summed E-state index contributed by atoms with van der Waals surface area (Å²) >= 11 is 0. The third-order valence-corrected chi connectivity index (χ3v) is 4.90. The number of H-pyrrole nitrogens is 1. The molecule has 4 rings (SSSR count). The molecule has 1 atom stereocenters. The number of carbonyl (C=O) groups excluding carboxylic acids is 1. The summed E-state index contributed by atoms with van der Waals surface area (Å²) in [6, 6.07) is 20.3. The highest BCUT2D eigenvalue weighted by Crippen LogP contribution is 2.30. The number of amides is 1. The Kier molecular flexibility index (Phi) is 5.81. The van der Waals surface area contributed by atoms with Crippen molar-refractivity contribution in [2.45, 2.75) is 12.3 Å². The van der Waals surface area contributed by atoms with Crippen molar-refractivity contribution < 1.29 is 4.79 Å². The minimum Gasteiger partial charge on any atom is -0.361 e. The van der Waals surface area contributed by atoms with Gasteiger partial charge in [-0.1, -0.05) is 48.5 Å². The molecule has 6 heteroatoms. The van der Waals surface area contributed by atoms with Crippen LogP contribution in [0.4, 0.5) is 5.95 Å². The quantitative estimate of drug-likeness (QED) is 0.432. The maximum atomic E-state index is 12.4. The summed E-state index contributed by atoms with van der Waals surface area (Å²) in [5.41, 5.74) is 3.46. The fourth-order valence-electron chi connectivity index (χ4n) is 3.46. The summed E-state index contributed by atoms with van der Waals surface area (Å²) in [4.78, 5) is 23.9. The van der Waals surface area contributed by atoms with E-state index >= 15 is 0 Å². The van der Waals surface area contributed by atoms with Crippen LogP contribution in [0.2, 0.25) is 0 Å².